The van der Waals surface area contributed by atoms with E-state index in [0.717, 1.165) is 30.7 Å². The van der Waals surface area contributed by atoms with Crippen molar-refractivity contribution in [3.05, 3.63) is 28.8 Å². The summed E-state index contributed by atoms with van der Waals surface area (Å²) in [5, 5.41) is 6.84. The summed E-state index contributed by atoms with van der Waals surface area (Å²) in [4.78, 5) is 11.9. The first-order chi connectivity index (χ1) is 9.70. The van der Waals surface area contributed by atoms with Crippen molar-refractivity contribution < 1.29 is 9.53 Å². The second kappa shape index (κ2) is 7.50. The van der Waals surface area contributed by atoms with Crippen molar-refractivity contribution in [3.8, 4) is 5.75 Å². The normalized spacial score (nSPS) is 18.0. The molecule has 1 aromatic rings. The van der Waals surface area contributed by atoms with Crippen LogP contribution in [-0.2, 0) is 11.2 Å². The predicted molar refractivity (Wildman–Crippen MR) is 80.4 cm³/mol. The SMILES string of the molecule is CCOc1ccc(Cl)cc1CCNC(=O)C1CCCN1. The summed E-state index contributed by atoms with van der Waals surface area (Å²) >= 11 is 6.01. The minimum atomic E-state index is -0.0271. The molecule has 0 bridgehead atoms. The van der Waals surface area contributed by atoms with E-state index < -0.39 is 0 Å². The van der Waals surface area contributed by atoms with E-state index in [9.17, 15) is 4.79 Å². The maximum absolute atomic E-state index is 11.9. The molecule has 1 aliphatic rings. The van der Waals surface area contributed by atoms with E-state index in [-0.39, 0.29) is 11.9 Å². The zero-order chi connectivity index (χ0) is 14.4. The molecular weight excluding hydrogens is 276 g/mol. The average Bonchev–Trinajstić information content (AvgIpc) is 2.96. The molecule has 1 fully saturated rings. The molecule has 4 nitrogen and oxygen atoms in total. The van der Waals surface area contributed by atoms with Gasteiger partial charge >= 0.3 is 0 Å². The molecule has 0 aromatic heterocycles. The summed E-state index contributed by atoms with van der Waals surface area (Å²) in [5.74, 6) is 0.924. The molecule has 2 rings (SSSR count). The topological polar surface area (TPSA) is 50.4 Å². The number of carbonyl (C=O) groups excluding carboxylic acids is 1. The van der Waals surface area contributed by atoms with Crippen LogP contribution in [0.3, 0.4) is 0 Å². The molecule has 1 aromatic carbocycles. The lowest BCUT2D eigenvalue weighted by Crippen LogP contribution is -2.41. The molecular formula is C15H21ClN2O2. The van der Waals surface area contributed by atoms with Crippen molar-refractivity contribution in [2.45, 2.75) is 32.2 Å². The van der Waals surface area contributed by atoms with E-state index in [0.29, 0.717) is 24.6 Å². The van der Waals surface area contributed by atoms with E-state index in [4.69, 9.17) is 16.3 Å². The third kappa shape index (κ3) is 4.12. The lowest BCUT2D eigenvalue weighted by molar-refractivity contribution is -0.122. The number of halogens is 1. The highest BCUT2D eigenvalue weighted by Crippen LogP contribution is 2.23. The Morgan fingerprint density at radius 1 is 1.55 bits per heavy atom. The third-order valence-corrected chi connectivity index (χ3v) is 3.63. The van der Waals surface area contributed by atoms with E-state index in [2.05, 4.69) is 10.6 Å². The maximum atomic E-state index is 11.9. The van der Waals surface area contributed by atoms with Gasteiger partial charge in [-0.2, -0.15) is 0 Å². The van der Waals surface area contributed by atoms with Gasteiger partial charge in [0.25, 0.3) is 0 Å². The fraction of sp³-hybridized carbons (Fsp3) is 0.533. The van der Waals surface area contributed by atoms with Crippen LogP contribution in [0.4, 0.5) is 0 Å². The molecule has 5 heteroatoms. The van der Waals surface area contributed by atoms with Crippen molar-refractivity contribution in [2.24, 2.45) is 0 Å². The van der Waals surface area contributed by atoms with Crippen LogP contribution in [-0.4, -0.2) is 31.6 Å². The van der Waals surface area contributed by atoms with Gasteiger partial charge in [0, 0.05) is 11.6 Å². The number of hydrogen-bond acceptors (Lipinski definition) is 3. The van der Waals surface area contributed by atoms with Crippen LogP contribution in [0.25, 0.3) is 0 Å². The van der Waals surface area contributed by atoms with Crippen LogP contribution in [0.5, 0.6) is 5.75 Å². The molecule has 1 unspecified atom stereocenters. The molecule has 1 heterocycles. The predicted octanol–water partition coefficient (Wildman–Crippen LogP) is 2.15. The second-order valence-electron chi connectivity index (χ2n) is 4.88. The Kier molecular flexibility index (Phi) is 5.68. The highest BCUT2D eigenvalue weighted by atomic mass is 35.5. The number of ether oxygens (including phenoxy) is 1. The average molecular weight is 297 g/mol. The molecule has 0 radical (unpaired) electrons. The number of rotatable bonds is 6. The summed E-state index contributed by atoms with van der Waals surface area (Å²) in [5.41, 5.74) is 1.03. The Balaban J connectivity index is 1.86. The first-order valence-electron chi connectivity index (χ1n) is 7.13. The summed E-state index contributed by atoms with van der Waals surface area (Å²) < 4.78 is 5.57. The van der Waals surface area contributed by atoms with Crippen LogP contribution in [0.15, 0.2) is 18.2 Å². The summed E-state index contributed by atoms with van der Waals surface area (Å²) in [6, 6.07) is 5.56. The molecule has 0 aliphatic carbocycles. The smallest absolute Gasteiger partial charge is 0.237 e. The van der Waals surface area contributed by atoms with Gasteiger partial charge in [-0.1, -0.05) is 11.6 Å². The molecule has 1 amide bonds. The van der Waals surface area contributed by atoms with Crippen LogP contribution >= 0.6 is 11.6 Å². The molecule has 0 spiro atoms. The Bertz CT molecular complexity index is 459. The van der Waals surface area contributed by atoms with Gasteiger partial charge in [0.2, 0.25) is 5.91 Å². The first-order valence-corrected chi connectivity index (χ1v) is 7.51. The van der Waals surface area contributed by atoms with Crippen molar-refractivity contribution in [1.82, 2.24) is 10.6 Å². The van der Waals surface area contributed by atoms with Gasteiger partial charge in [0.15, 0.2) is 0 Å². The Morgan fingerprint density at radius 2 is 2.40 bits per heavy atom. The van der Waals surface area contributed by atoms with Gasteiger partial charge in [0.05, 0.1) is 12.6 Å². The summed E-state index contributed by atoms with van der Waals surface area (Å²) in [7, 11) is 0. The van der Waals surface area contributed by atoms with E-state index in [1.807, 2.05) is 25.1 Å². The summed E-state index contributed by atoms with van der Waals surface area (Å²) in [6.45, 7) is 4.09. The highest BCUT2D eigenvalue weighted by Gasteiger charge is 2.21. The molecule has 1 atom stereocenters. The van der Waals surface area contributed by atoms with Crippen molar-refractivity contribution >= 4 is 17.5 Å². The number of benzene rings is 1. The van der Waals surface area contributed by atoms with Crippen LogP contribution < -0.4 is 15.4 Å². The summed E-state index contributed by atoms with van der Waals surface area (Å²) in [6.07, 6.45) is 2.71. The van der Waals surface area contributed by atoms with E-state index >= 15 is 0 Å². The Morgan fingerprint density at radius 3 is 3.10 bits per heavy atom. The standard InChI is InChI=1S/C15H21ClN2O2/c1-2-20-14-6-5-12(16)10-11(14)7-9-18-15(19)13-4-3-8-17-13/h5-6,10,13,17H,2-4,7-9H2,1H3,(H,18,19). The first kappa shape index (κ1) is 15.1. The lowest BCUT2D eigenvalue weighted by Gasteiger charge is -2.13. The Hall–Kier alpha value is -1.26. The fourth-order valence-corrected chi connectivity index (χ4v) is 2.59. The molecule has 1 saturated heterocycles. The van der Waals surface area contributed by atoms with Crippen LogP contribution in [0, 0.1) is 0 Å². The van der Waals surface area contributed by atoms with Gasteiger partial charge in [-0.3, -0.25) is 4.79 Å². The molecule has 20 heavy (non-hydrogen) atoms. The van der Waals surface area contributed by atoms with Crippen LogP contribution in [0.1, 0.15) is 25.3 Å². The van der Waals surface area contributed by atoms with Gasteiger partial charge in [0.1, 0.15) is 5.75 Å². The van der Waals surface area contributed by atoms with Crippen molar-refractivity contribution in [2.75, 3.05) is 19.7 Å². The number of carbonyl (C=O) groups is 1. The molecule has 2 N–H and O–H groups in total. The van der Waals surface area contributed by atoms with Gasteiger partial charge < -0.3 is 15.4 Å². The van der Waals surface area contributed by atoms with Gasteiger partial charge in [-0.05, 0) is 56.5 Å². The minimum absolute atomic E-state index is 0.0271. The minimum Gasteiger partial charge on any atom is -0.494 e. The van der Waals surface area contributed by atoms with Crippen molar-refractivity contribution in [1.29, 1.82) is 0 Å². The fourth-order valence-electron chi connectivity index (χ4n) is 2.39. The van der Waals surface area contributed by atoms with E-state index in [1.54, 1.807) is 0 Å². The number of nitrogens with one attached hydrogen (secondary N) is 2. The monoisotopic (exact) mass is 296 g/mol. The highest BCUT2D eigenvalue weighted by molar-refractivity contribution is 6.30. The largest absolute Gasteiger partial charge is 0.494 e. The number of hydrogen-bond donors (Lipinski definition) is 2. The Labute approximate surface area is 124 Å². The third-order valence-electron chi connectivity index (χ3n) is 3.39. The molecule has 0 saturated carbocycles. The zero-order valence-electron chi connectivity index (χ0n) is 11.7. The van der Waals surface area contributed by atoms with Crippen molar-refractivity contribution in [3.63, 3.8) is 0 Å². The van der Waals surface area contributed by atoms with Crippen LogP contribution in [0.2, 0.25) is 5.02 Å². The van der Waals surface area contributed by atoms with Gasteiger partial charge in [-0.25, -0.2) is 0 Å². The van der Waals surface area contributed by atoms with E-state index in [1.165, 1.54) is 0 Å². The molecule has 1 aliphatic heterocycles. The number of amides is 1. The second-order valence-corrected chi connectivity index (χ2v) is 5.31. The zero-order valence-corrected chi connectivity index (χ0v) is 12.5. The van der Waals surface area contributed by atoms with Gasteiger partial charge in [-0.15, -0.1) is 0 Å². The quantitative estimate of drug-likeness (QED) is 0.846. The molecule has 110 valence electrons. The lowest BCUT2D eigenvalue weighted by atomic mass is 10.1. The maximum Gasteiger partial charge on any atom is 0.237 e.